The van der Waals surface area contributed by atoms with Gasteiger partial charge in [0, 0.05) is 23.3 Å². The van der Waals surface area contributed by atoms with E-state index in [2.05, 4.69) is 17.2 Å². The Morgan fingerprint density at radius 2 is 1.75 bits per heavy atom. The van der Waals surface area contributed by atoms with Gasteiger partial charge in [-0.15, -0.1) is 6.58 Å². The summed E-state index contributed by atoms with van der Waals surface area (Å²) >= 11 is 0. The molecule has 12 heteroatoms. The van der Waals surface area contributed by atoms with Crippen molar-refractivity contribution in [1.82, 2.24) is 20.5 Å². The van der Waals surface area contributed by atoms with Gasteiger partial charge in [0.25, 0.3) is 0 Å². The molecule has 3 aliphatic rings. The summed E-state index contributed by atoms with van der Waals surface area (Å²) in [5, 5.41) is 6.62. The monoisotopic (exact) mass is 744 g/mol. The highest BCUT2D eigenvalue weighted by molar-refractivity contribution is 7.64. The Hall–Kier alpha value is -4.37. The Bertz CT molecular complexity index is 1930. The fourth-order valence-corrected chi connectivity index (χ4v) is 9.62. The number of alkyl carbamates (subject to hydrolysis) is 1. The lowest BCUT2D eigenvalue weighted by Gasteiger charge is -2.35. The zero-order valence-electron chi connectivity index (χ0n) is 31.9. The smallest absolute Gasteiger partial charge is 0.408 e. The Morgan fingerprint density at radius 3 is 2.36 bits per heavy atom. The molecule has 2 heterocycles. The number of methoxy groups -OCH3 is 1. The van der Waals surface area contributed by atoms with E-state index in [4.69, 9.17) is 19.2 Å². The number of fused-ring (bicyclic) bond motifs is 1. The van der Waals surface area contributed by atoms with Crippen molar-refractivity contribution in [3.8, 4) is 22.9 Å². The van der Waals surface area contributed by atoms with Crippen LogP contribution in [-0.2, 0) is 18.9 Å². The average Bonchev–Trinajstić information content (AvgIpc) is 3.37. The lowest BCUT2D eigenvalue weighted by molar-refractivity contribution is -0.142. The molecule has 2 N–H and O–H groups in total. The minimum absolute atomic E-state index is 0.0603. The molecule has 3 amide bonds. The lowest BCUT2D eigenvalue weighted by Crippen LogP contribution is -2.58. The highest BCUT2D eigenvalue weighted by Gasteiger charge is 2.62. The minimum Gasteiger partial charge on any atom is -0.497 e. The molecule has 11 nitrogen and oxygen atoms in total. The molecule has 3 aromatic rings. The molecule has 284 valence electrons. The fraction of sp³-hybridized carbons (Fsp3) is 0.512. The van der Waals surface area contributed by atoms with Crippen LogP contribution in [-0.4, -0.2) is 84.3 Å². The van der Waals surface area contributed by atoms with Crippen molar-refractivity contribution in [3.05, 3.63) is 66.7 Å². The summed E-state index contributed by atoms with van der Waals surface area (Å²) in [7, 11) is -1.21. The highest BCUT2D eigenvalue weighted by atomic mass is 31.2. The molecule has 2 aliphatic carbocycles. The zero-order chi connectivity index (χ0) is 38.3. The van der Waals surface area contributed by atoms with E-state index in [1.807, 2.05) is 76.2 Å². The van der Waals surface area contributed by atoms with E-state index in [-0.39, 0.29) is 25.0 Å². The van der Waals surface area contributed by atoms with Crippen LogP contribution in [0.1, 0.15) is 64.9 Å². The first-order valence-corrected chi connectivity index (χ1v) is 21.1. The maximum Gasteiger partial charge on any atom is 0.408 e. The van der Waals surface area contributed by atoms with Crippen LogP contribution in [0.25, 0.3) is 22.0 Å². The third-order valence-corrected chi connectivity index (χ3v) is 13.5. The molecule has 1 aliphatic heterocycles. The topological polar surface area (TPSA) is 136 Å². The van der Waals surface area contributed by atoms with Crippen LogP contribution < -0.4 is 20.1 Å². The average molecular weight is 745 g/mol. The van der Waals surface area contributed by atoms with E-state index in [1.165, 1.54) is 4.90 Å². The van der Waals surface area contributed by atoms with Gasteiger partial charge in [-0.2, -0.15) is 0 Å². The molecule has 0 spiro atoms. The molecule has 1 aromatic heterocycles. The van der Waals surface area contributed by atoms with Crippen molar-refractivity contribution in [2.24, 2.45) is 11.3 Å². The predicted molar refractivity (Wildman–Crippen MR) is 207 cm³/mol. The first kappa shape index (κ1) is 38.4. The Balaban J connectivity index is 1.34. The van der Waals surface area contributed by atoms with Crippen LogP contribution in [0.4, 0.5) is 4.79 Å². The van der Waals surface area contributed by atoms with Crippen LogP contribution >= 0.6 is 7.14 Å². The first-order valence-electron chi connectivity index (χ1n) is 18.5. The summed E-state index contributed by atoms with van der Waals surface area (Å²) in [4.78, 5) is 48.6. The molecule has 1 saturated heterocycles. The van der Waals surface area contributed by atoms with Gasteiger partial charge >= 0.3 is 6.09 Å². The summed E-state index contributed by atoms with van der Waals surface area (Å²) < 4.78 is 31.4. The van der Waals surface area contributed by atoms with Gasteiger partial charge in [0.05, 0.1) is 24.6 Å². The van der Waals surface area contributed by atoms with Gasteiger partial charge in [-0.25, -0.2) is 9.78 Å². The summed E-state index contributed by atoms with van der Waals surface area (Å²) in [5.41, 5.74) is 2.01. The number of ether oxygens (including phenoxy) is 3. The molecule has 5 atom stereocenters. The number of carbonyl (C=O) groups is 3. The molecule has 0 radical (unpaired) electrons. The van der Waals surface area contributed by atoms with Crippen LogP contribution in [0, 0.1) is 18.3 Å². The van der Waals surface area contributed by atoms with Gasteiger partial charge < -0.3 is 34.3 Å². The van der Waals surface area contributed by atoms with E-state index >= 15 is 0 Å². The van der Waals surface area contributed by atoms with Crippen molar-refractivity contribution in [2.45, 2.75) is 95.8 Å². The zero-order valence-corrected chi connectivity index (χ0v) is 32.8. The molecular formula is C41H53N4O7P. The largest absolute Gasteiger partial charge is 0.497 e. The number of benzene rings is 2. The van der Waals surface area contributed by atoms with Crippen molar-refractivity contribution in [2.75, 3.05) is 27.0 Å². The van der Waals surface area contributed by atoms with Crippen LogP contribution in [0.15, 0.2) is 61.2 Å². The van der Waals surface area contributed by atoms with Crippen LogP contribution in [0.2, 0.25) is 0 Å². The molecule has 2 aromatic carbocycles. The summed E-state index contributed by atoms with van der Waals surface area (Å²) in [5.74, 6) is 0.0550. The van der Waals surface area contributed by atoms with E-state index in [0.29, 0.717) is 23.7 Å². The maximum absolute atomic E-state index is 14.6. The highest BCUT2D eigenvalue weighted by Crippen LogP contribution is 2.67. The number of rotatable bonds is 11. The van der Waals surface area contributed by atoms with E-state index in [0.717, 1.165) is 47.6 Å². The van der Waals surface area contributed by atoms with Gasteiger partial charge in [-0.1, -0.05) is 56.7 Å². The maximum atomic E-state index is 14.6. The SMILES string of the molecule is C=CC1CC1(NC(=O)C1CC(Oc2nc(-c3ccc(C)cc3)cc3cc(OC)ccc23)CN1C(=O)C(NC(=O)OC1CCCC1)C(C)(C)C)P(C)(C)=O. The number of likely N-dealkylation sites (tertiary alicyclic amines) is 1. The second-order valence-electron chi connectivity index (χ2n) is 16.3. The molecule has 3 fully saturated rings. The Morgan fingerprint density at radius 1 is 1.06 bits per heavy atom. The number of aryl methyl sites for hydroxylation is 1. The summed E-state index contributed by atoms with van der Waals surface area (Å²) in [6.45, 7) is 14.9. The third kappa shape index (κ3) is 8.10. The summed E-state index contributed by atoms with van der Waals surface area (Å²) in [6.07, 6.45) is 4.50. The van der Waals surface area contributed by atoms with Crippen LogP contribution in [0.3, 0.4) is 0 Å². The molecule has 53 heavy (non-hydrogen) atoms. The van der Waals surface area contributed by atoms with E-state index < -0.39 is 53.9 Å². The fourth-order valence-electron chi connectivity index (χ4n) is 7.70. The number of aromatic nitrogens is 1. The number of hydrogen-bond acceptors (Lipinski definition) is 8. The van der Waals surface area contributed by atoms with Crippen molar-refractivity contribution >= 4 is 35.8 Å². The standard InChI is InChI=1S/C41H53N4O7P/c1-9-28-23-41(28,53(7,8)49)44-36(46)34-22-31(24-45(34)38(47)35(40(3,4)5)43-39(48)52-29-12-10-11-13-29)51-37-32-19-18-30(50-6)20-27(32)21-33(42-37)26-16-14-25(2)15-17-26/h9,14-21,28-29,31,34-35H,1,10-13,22-24H2,2-8H3,(H,43,48)(H,44,46). The van der Waals surface area contributed by atoms with Crippen molar-refractivity contribution < 1.29 is 33.2 Å². The van der Waals surface area contributed by atoms with Gasteiger partial charge in [0.15, 0.2) is 0 Å². The number of hydrogen-bond donors (Lipinski definition) is 2. The molecule has 0 bridgehead atoms. The quantitative estimate of drug-likeness (QED) is 0.154. The summed E-state index contributed by atoms with van der Waals surface area (Å²) in [6, 6.07) is 13.7. The number of carbonyl (C=O) groups excluding carboxylic acids is 3. The normalized spacial score (nSPS) is 23.7. The third-order valence-electron chi connectivity index (χ3n) is 11.0. The molecule has 6 rings (SSSR count). The number of nitrogens with one attached hydrogen (secondary N) is 2. The second kappa shape index (κ2) is 14.8. The van der Waals surface area contributed by atoms with E-state index in [1.54, 1.807) is 26.5 Å². The van der Waals surface area contributed by atoms with Gasteiger partial charge in [0.1, 0.15) is 37.2 Å². The first-order chi connectivity index (χ1) is 25.0. The van der Waals surface area contributed by atoms with Gasteiger partial charge in [0.2, 0.25) is 17.7 Å². The van der Waals surface area contributed by atoms with Gasteiger partial charge in [-0.3, -0.25) is 9.59 Å². The Labute approximate surface area is 312 Å². The van der Waals surface area contributed by atoms with Crippen molar-refractivity contribution in [3.63, 3.8) is 0 Å². The minimum atomic E-state index is -2.82. The molecule has 5 unspecified atom stereocenters. The molecular weight excluding hydrogens is 691 g/mol. The van der Waals surface area contributed by atoms with Crippen molar-refractivity contribution in [1.29, 1.82) is 0 Å². The number of nitrogens with zero attached hydrogens (tertiary/aromatic N) is 2. The second-order valence-corrected chi connectivity index (χ2v) is 19.8. The van der Waals surface area contributed by atoms with Crippen LogP contribution in [0.5, 0.6) is 11.6 Å². The lowest BCUT2D eigenvalue weighted by atomic mass is 9.85. The molecule has 2 saturated carbocycles. The number of amides is 3. The van der Waals surface area contributed by atoms with E-state index in [9.17, 15) is 18.9 Å². The van der Waals surface area contributed by atoms with Gasteiger partial charge in [-0.05, 0) is 87.4 Å². The Kier molecular flexibility index (Phi) is 10.7. The number of pyridine rings is 1. The predicted octanol–water partition coefficient (Wildman–Crippen LogP) is 7.29.